The molecule has 3 aromatic carbocycles. The maximum absolute atomic E-state index is 9.07. The van der Waals surface area contributed by atoms with Gasteiger partial charge in [0.1, 0.15) is 12.4 Å². The van der Waals surface area contributed by atoms with Gasteiger partial charge in [-0.05, 0) is 41.1 Å². The molecule has 0 atom stereocenters. The number of ether oxygens (including phenoxy) is 1. The molecule has 0 N–H and O–H groups in total. The van der Waals surface area contributed by atoms with Crippen LogP contribution in [0.5, 0.6) is 5.75 Å². The standard InChI is InChI=1S/C18H12BrNO/c19-17-7-5-14-10-18(8-6-13(14)9-17)21-12-16-4-2-1-3-15(16)11-20/h1-10H,12H2. The Morgan fingerprint density at radius 1 is 0.952 bits per heavy atom. The SMILES string of the molecule is N#Cc1ccccc1COc1ccc2cc(Br)ccc2c1. The number of hydrogen-bond acceptors (Lipinski definition) is 2. The average molecular weight is 338 g/mol. The summed E-state index contributed by atoms with van der Waals surface area (Å²) in [5.41, 5.74) is 1.55. The van der Waals surface area contributed by atoms with Crippen molar-refractivity contribution in [2.45, 2.75) is 6.61 Å². The van der Waals surface area contributed by atoms with Gasteiger partial charge < -0.3 is 4.74 Å². The lowest BCUT2D eigenvalue weighted by Gasteiger charge is -2.08. The van der Waals surface area contributed by atoms with Crippen molar-refractivity contribution in [1.29, 1.82) is 5.26 Å². The molecule has 0 amide bonds. The minimum absolute atomic E-state index is 0.395. The fourth-order valence-corrected chi connectivity index (χ4v) is 2.58. The van der Waals surface area contributed by atoms with Crippen LogP contribution in [0.25, 0.3) is 10.8 Å². The van der Waals surface area contributed by atoms with E-state index in [1.807, 2.05) is 42.5 Å². The zero-order valence-corrected chi connectivity index (χ0v) is 12.8. The van der Waals surface area contributed by atoms with Gasteiger partial charge >= 0.3 is 0 Å². The molecule has 0 radical (unpaired) electrons. The summed E-state index contributed by atoms with van der Waals surface area (Å²) in [7, 11) is 0. The highest BCUT2D eigenvalue weighted by atomic mass is 79.9. The topological polar surface area (TPSA) is 33.0 Å². The van der Waals surface area contributed by atoms with Crippen molar-refractivity contribution in [2.24, 2.45) is 0 Å². The van der Waals surface area contributed by atoms with Crippen molar-refractivity contribution in [3.63, 3.8) is 0 Å². The van der Waals surface area contributed by atoms with E-state index in [9.17, 15) is 0 Å². The highest BCUT2D eigenvalue weighted by Crippen LogP contribution is 2.24. The summed E-state index contributed by atoms with van der Waals surface area (Å²) in [5.74, 6) is 0.803. The van der Waals surface area contributed by atoms with Gasteiger partial charge in [0.2, 0.25) is 0 Å². The molecule has 0 aromatic heterocycles. The molecule has 0 aliphatic heterocycles. The summed E-state index contributed by atoms with van der Waals surface area (Å²) >= 11 is 3.47. The third kappa shape index (κ3) is 3.07. The minimum atomic E-state index is 0.395. The molecule has 0 unspecified atom stereocenters. The summed E-state index contributed by atoms with van der Waals surface area (Å²) in [5, 5.41) is 11.4. The van der Waals surface area contributed by atoms with Gasteiger partial charge in [0, 0.05) is 10.0 Å². The Labute approximate surface area is 131 Å². The van der Waals surface area contributed by atoms with E-state index in [0.29, 0.717) is 12.2 Å². The van der Waals surface area contributed by atoms with E-state index >= 15 is 0 Å². The van der Waals surface area contributed by atoms with Crippen LogP contribution in [-0.2, 0) is 6.61 Å². The van der Waals surface area contributed by atoms with Crippen molar-refractivity contribution in [2.75, 3.05) is 0 Å². The fraction of sp³-hybridized carbons (Fsp3) is 0.0556. The second-order valence-electron chi connectivity index (χ2n) is 4.71. The van der Waals surface area contributed by atoms with E-state index in [2.05, 4.69) is 34.1 Å². The van der Waals surface area contributed by atoms with Gasteiger partial charge in [0.15, 0.2) is 0 Å². The number of halogens is 1. The Balaban J connectivity index is 1.82. The maximum atomic E-state index is 9.07. The summed E-state index contributed by atoms with van der Waals surface area (Å²) in [6.45, 7) is 0.395. The van der Waals surface area contributed by atoms with Crippen molar-refractivity contribution >= 4 is 26.7 Å². The maximum Gasteiger partial charge on any atom is 0.120 e. The number of benzene rings is 3. The van der Waals surface area contributed by atoms with Gasteiger partial charge in [-0.3, -0.25) is 0 Å². The van der Waals surface area contributed by atoms with Crippen LogP contribution in [0, 0.1) is 11.3 Å². The fourth-order valence-electron chi connectivity index (χ4n) is 2.20. The lowest BCUT2D eigenvalue weighted by Crippen LogP contribution is -1.98. The summed E-state index contributed by atoms with van der Waals surface area (Å²) in [4.78, 5) is 0. The number of hydrogen-bond donors (Lipinski definition) is 0. The van der Waals surface area contributed by atoms with Crippen LogP contribution in [-0.4, -0.2) is 0 Å². The molecule has 0 fully saturated rings. The van der Waals surface area contributed by atoms with E-state index in [4.69, 9.17) is 10.00 Å². The predicted molar refractivity (Wildman–Crippen MR) is 87.1 cm³/mol. The molecule has 0 bridgehead atoms. The van der Waals surface area contributed by atoms with Crippen molar-refractivity contribution in [3.8, 4) is 11.8 Å². The third-order valence-electron chi connectivity index (χ3n) is 3.31. The molecule has 0 spiro atoms. The van der Waals surface area contributed by atoms with Gasteiger partial charge in [-0.1, -0.05) is 46.3 Å². The van der Waals surface area contributed by atoms with Gasteiger partial charge in [-0.25, -0.2) is 0 Å². The quantitative estimate of drug-likeness (QED) is 0.669. The van der Waals surface area contributed by atoms with Crippen LogP contribution >= 0.6 is 15.9 Å². The zero-order valence-electron chi connectivity index (χ0n) is 11.2. The van der Waals surface area contributed by atoms with E-state index in [1.54, 1.807) is 6.07 Å². The molecule has 0 aliphatic carbocycles. The molecule has 0 saturated heterocycles. The summed E-state index contributed by atoms with van der Waals surface area (Å²) in [6, 6.07) is 21.8. The van der Waals surface area contributed by atoms with E-state index in [1.165, 1.54) is 0 Å². The Hall–Kier alpha value is -2.31. The first-order chi connectivity index (χ1) is 10.3. The van der Waals surface area contributed by atoms with Crippen molar-refractivity contribution in [1.82, 2.24) is 0 Å². The normalized spacial score (nSPS) is 10.3. The van der Waals surface area contributed by atoms with E-state index in [0.717, 1.165) is 26.6 Å². The zero-order chi connectivity index (χ0) is 14.7. The highest BCUT2D eigenvalue weighted by Gasteiger charge is 2.03. The second-order valence-corrected chi connectivity index (χ2v) is 5.63. The largest absolute Gasteiger partial charge is 0.489 e. The first-order valence-electron chi connectivity index (χ1n) is 6.56. The van der Waals surface area contributed by atoms with E-state index in [-0.39, 0.29) is 0 Å². The molecule has 0 heterocycles. The van der Waals surface area contributed by atoms with Gasteiger partial charge in [-0.2, -0.15) is 5.26 Å². The molecule has 0 aliphatic rings. The number of nitriles is 1. The molecule has 3 heteroatoms. The van der Waals surface area contributed by atoms with Crippen molar-refractivity contribution in [3.05, 3.63) is 76.3 Å². The molecule has 2 nitrogen and oxygen atoms in total. The number of nitrogens with zero attached hydrogens (tertiary/aromatic N) is 1. The van der Waals surface area contributed by atoms with Crippen LogP contribution < -0.4 is 4.74 Å². The Kier molecular flexibility index (Phi) is 3.89. The third-order valence-corrected chi connectivity index (χ3v) is 3.80. The number of rotatable bonds is 3. The first kappa shape index (κ1) is 13.7. The van der Waals surface area contributed by atoms with Crippen LogP contribution in [0.1, 0.15) is 11.1 Å². The Morgan fingerprint density at radius 2 is 1.71 bits per heavy atom. The molecule has 3 aromatic rings. The summed E-state index contributed by atoms with van der Waals surface area (Å²) in [6.07, 6.45) is 0. The van der Waals surface area contributed by atoms with Crippen LogP contribution in [0.4, 0.5) is 0 Å². The molecule has 102 valence electrons. The highest BCUT2D eigenvalue weighted by molar-refractivity contribution is 9.10. The van der Waals surface area contributed by atoms with Gasteiger partial charge in [0.05, 0.1) is 11.6 Å². The van der Waals surface area contributed by atoms with Gasteiger partial charge in [-0.15, -0.1) is 0 Å². The average Bonchev–Trinajstić information content (AvgIpc) is 2.53. The molecule has 21 heavy (non-hydrogen) atoms. The smallest absolute Gasteiger partial charge is 0.120 e. The molecular formula is C18H12BrNO. The van der Waals surface area contributed by atoms with Crippen molar-refractivity contribution < 1.29 is 4.74 Å². The predicted octanol–water partition coefficient (Wildman–Crippen LogP) is 5.05. The minimum Gasteiger partial charge on any atom is -0.489 e. The molecule has 3 rings (SSSR count). The molecular weight excluding hydrogens is 326 g/mol. The Morgan fingerprint density at radius 3 is 2.57 bits per heavy atom. The Bertz CT molecular complexity index is 836. The van der Waals surface area contributed by atoms with Crippen LogP contribution in [0.15, 0.2) is 65.1 Å². The lowest BCUT2D eigenvalue weighted by atomic mass is 10.1. The second kappa shape index (κ2) is 5.99. The first-order valence-corrected chi connectivity index (χ1v) is 7.36. The van der Waals surface area contributed by atoms with Crippen LogP contribution in [0.3, 0.4) is 0 Å². The lowest BCUT2D eigenvalue weighted by molar-refractivity contribution is 0.306. The van der Waals surface area contributed by atoms with Crippen LogP contribution in [0.2, 0.25) is 0 Å². The monoisotopic (exact) mass is 337 g/mol. The van der Waals surface area contributed by atoms with E-state index < -0.39 is 0 Å². The van der Waals surface area contributed by atoms with Gasteiger partial charge in [0.25, 0.3) is 0 Å². The summed E-state index contributed by atoms with van der Waals surface area (Å²) < 4.78 is 6.87. The molecule has 0 saturated carbocycles. The number of fused-ring (bicyclic) bond motifs is 1.